The second kappa shape index (κ2) is 4.58. The first kappa shape index (κ1) is 12.2. The molecule has 0 heteroatoms. The molecule has 0 nitrogen and oxygen atoms in total. The molecule has 1 unspecified atom stereocenters. The Balaban J connectivity index is 1.63. The van der Waals surface area contributed by atoms with E-state index in [9.17, 15) is 0 Å². The van der Waals surface area contributed by atoms with Crippen molar-refractivity contribution in [3.05, 3.63) is 96.1 Å². The molecule has 4 aliphatic carbocycles. The van der Waals surface area contributed by atoms with Gasteiger partial charge in [-0.25, -0.2) is 0 Å². The molecule has 6 rings (SSSR count). The van der Waals surface area contributed by atoms with Crippen molar-refractivity contribution in [2.75, 3.05) is 0 Å². The molecule has 1 saturated carbocycles. The van der Waals surface area contributed by atoms with Crippen molar-refractivity contribution in [2.24, 2.45) is 23.7 Å². The number of rotatable bonds is 2. The Labute approximate surface area is 131 Å². The van der Waals surface area contributed by atoms with E-state index in [1.807, 2.05) is 0 Å². The van der Waals surface area contributed by atoms with E-state index in [2.05, 4.69) is 85.0 Å². The Hall–Kier alpha value is -2.34. The fourth-order valence-corrected chi connectivity index (χ4v) is 4.20. The molecule has 0 aliphatic heterocycles. The van der Waals surface area contributed by atoms with Gasteiger partial charge in [0.1, 0.15) is 0 Å². The molecule has 4 bridgehead atoms. The molecule has 0 heterocycles. The van der Waals surface area contributed by atoms with E-state index >= 15 is 0 Å². The van der Waals surface area contributed by atoms with Crippen LogP contribution in [0, 0.1) is 23.7 Å². The van der Waals surface area contributed by atoms with Gasteiger partial charge in [0.05, 0.1) is 0 Å². The van der Waals surface area contributed by atoms with E-state index in [-0.39, 0.29) is 0 Å². The maximum absolute atomic E-state index is 2.54. The summed E-state index contributed by atoms with van der Waals surface area (Å²) in [4.78, 5) is 0. The van der Waals surface area contributed by atoms with Crippen LogP contribution in [0.3, 0.4) is 0 Å². The van der Waals surface area contributed by atoms with E-state index in [1.54, 1.807) is 5.57 Å². The third kappa shape index (κ3) is 1.77. The zero-order valence-electron chi connectivity index (χ0n) is 12.4. The van der Waals surface area contributed by atoms with Gasteiger partial charge in [-0.3, -0.25) is 0 Å². The first-order valence-corrected chi connectivity index (χ1v) is 8.14. The van der Waals surface area contributed by atoms with Gasteiger partial charge < -0.3 is 0 Å². The maximum Gasteiger partial charge on any atom is 0.0207 e. The van der Waals surface area contributed by atoms with Crippen molar-refractivity contribution in [3.63, 3.8) is 0 Å². The van der Waals surface area contributed by atoms with Gasteiger partial charge in [0.2, 0.25) is 0 Å². The summed E-state index contributed by atoms with van der Waals surface area (Å²) in [5.41, 5.74) is 5.80. The number of benzene rings is 2. The van der Waals surface area contributed by atoms with Crippen LogP contribution in [-0.2, 0) is 0 Å². The van der Waals surface area contributed by atoms with Gasteiger partial charge in [-0.1, -0.05) is 85.0 Å². The van der Waals surface area contributed by atoms with Gasteiger partial charge in [0, 0.05) is 5.92 Å². The summed E-state index contributed by atoms with van der Waals surface area (Å²) in [5.74, 6) is 2.49. The van der Waals surface area contributed by atoms with E-state index in [0.717, 1.165) is 0 Å². The molecule has 0 aromatic heterocycles. The molecule has 4 aliphatic rings. The van der Waals surface area contributed by atoms with Crippen LogP contribution in [-0.4, -0.2) is 0 Å². The lowest BCUT2D eigenvalue weighted by molar-refractivity contribution is 1.00. The lowest BCUT2D eigenvalue weighted by Crippen LogP contribution is -1.97. The summed E-state index contributed by atoms with van der Waals surface area (Å²) in [6.07, 6.45) is 9.92. The van der Waals surface area contributed by atoms with E-state index in [4.69, 9.17) is 0 Å². The van der Waals surface area contributed by atoms with Gasteiger partial charge >= 0.3 is 0 Å². The van der Waals surface area contributed by atoms with Gasteiger partial charge in [-0.05, 0) is 40.0 Å². The highest BCUT2D eigenvalue weighted by molar-refractivity contribution is 5.82. The summed E-state index contributed by atoms with van der Waals surface area (Å²) in [6, 6.07) is 21.8. The summed E-state index contributed by atoms with van der Waals surface area (Å²) in [6.45, 7) is 0. The van der Waals surface area contributed by atoms with Crippen LogP contribution >= 0.6 is 0 Å². The highest BCUT2D eigenvalue weighted by Gasteiger charge is 2.52. The molecule has 1 fully saturated rings. The molecular formula is C22H18. The largest absolute Gasteiger partial charge is 0.0833 e. The van der Waals surface area contributed by atoms with Crippen LogP contribution in [0.1, 0.15) is 11.1 Å². The third-order valence-electron chi connectivity index (χ3n) is 5.34. The van der Waals surface area contributed by atoms with E-state index < -0.39 is 0 Å². The Bertz CT molecular complexity index is 792. The maximum atomic E-state index is 2.54. The number of hydrogen-bond donors (Lipinski definition) is 0. The average molecular weight is 282 g/mol. The van der Waals surface area contributed by atoms with Crippen LogP contribution in [0.4, 0.5) is 0 Å². The smallest absolute Gasteiger partial charge is 0.0207 e. The predicted molar refractivity (Wildman–Crippen MR) is 91.9 cm³/mol. The molecule has 2 aromatic rings. The molecule has 0 spiro atoms. The van der Waals surface area contributed by atoms with Crippen molar-refractivity contribution >= 4 is 11.1 Å². The standard InChI is InChI=1S/C22H18/c1-3-7-15(8-4-1)19-14-21-18-12-11-17(19)13-20(22(18)21)16-9-5-2-6-10-16/h1-14,17-18,21-22H/t17-,18?,21+,22-/m0/s1. The summed E-state index contributed by atoms with van der Waals surface area (Å²) in [5, 5.41) is 0. The van der Waals surface area contributed by atoms with Crippen molar-refractivity contribution in [1.29, 1.82) is 0 Å². The Morgan fingerprint density at radius 1 is 0.545 bits per heavy atom. The second-order valence-corrected chi connectivity index (χ2v) is 6.57. The lowest BCUT2D eigenvalue weighted by atomic mass is 9.90. The van der Waals surface area contributed by atoms with Gasteiger partial charge in [0.15, 0.2) is 0 Å². The van der Waals surface area contributed by atoms with Crippen molar-refractivity contribution in [2.45, 2.75) is 0 Å². The van der Waals surface area contributed by atoms with Crippen molar-refractivity contribution < 1.29 is 0 Å². The molecule has 4 atom stereocenters. The van der Waals surface area contributed by atoms with Crippen molar-refractivity contribution in [1.82, 2.24) is 0 Å². The average Bonchev–Trinajstić information content (AvgIpc) is 3.33. The Morgan fingerprint density at radius 3 is 1.86 bits per heavy atom. The first-order chi connectivity index (χ1) is 10.9. The van der Waals surface area contributed by atoms with Crippen LogP contribution < -0.4 is 0 Å². The summed E-state index contributed by atoms with van der Waals surface area (Å²) < 4.78 is 0. The van der Waals surface area contributed by atoms with Crippen LogP contribution in [0.15, 0.2) is 85.0 Å². The fraction of sp³-hybridized carbons (Fsp3) is 0.182. The topological polar surface area (TPSA) is 0 Å². The monoisotopic (exact) mass is 282 g/mol. The molecule has 106 valence electrons. The molecular weight excluding hydrogens is 264 g/mol. The van der Waals surface area contributed by atoms with Gasteiger partial charge in [-0.15, -0.1) is 0 Å². The highest BCUT2D eigenvalue weighted by Crippen LogP contribution is 2.60. The Kier molecular flexibility index (Phi) is 2.54. The zero-order valence-corrected chi connectivity index (χ0v) is 12.4. The predicted octanol–water partition coefficient (Wildman–Crippen LogP) is 5.22. The van der Waals surface area contributed by atoms with Crippen molar-refractivity contribution in [3.8, 4) is 0 Å². The highest BCUT2D eigenvalue weighted by atomic mass is 14.5. The van der Waals surface area contributed by atoms with Crippen LogP contribution in [0.5, 0.6) is 0 Å². The fourth-order valence-electron chi connectivity index (χ4n) is 4.20. The second-order valence-electron chi connectivity index (χ2n) is 6.57. The SMILES string of the molecule is C1=C[C@H]2C=C(c3ccccc3)[C@@H]3C1[C@H]3C=C2c1ccccc1. The van der Waals surface area contributed by atoms with Gasteiger partial charge in [0.25, 0.3) is 0 Å². The summed E-state index contributed by atoms with van der Waals surface area (Å²) >= 11 is 0. The molecule has 0 saturated heterocycles. The number of allylic oxidation sites excluding steroid dienone is 6. The first-order valence-electron chi connectivity index (χ1n) is 8.14. The minimum absolute atomic E-state index is 0.414. The normalized spacial score (nSPS) is 31.1. The van der Waals surface area contributed by atoms with Crippen LogP contribution in [0.2, 0.25) is 0 Å². The van der Waals surface area contributed by atoms with Crippen LogP contribution in [0.25, 0.3) is 11.1 Å². The van der Waals surface area contributed by atoms with E-state index in [1.165, 1.54) is 16.7 Å². The molecule has 0 N–H and O–H groups in total. The number of hydrogen-bond acceptors (Lipinski definition) is 0. The van der Waals surface area contributed by atoms with E-state index in [0.29, 0.717) is 23.7 Å². The minimum atomic E-state index is 0.414. The summed E-state index contributed by atoms with van der Waals surface area (Å²) in [7, 11) is 0. The molecule has 0 amide bonds. The third-order valence-corrected chi connectivity index (χ3v) is 5.34. The quantitative estimate of drug-likeness (QED) is 0.663. The molecule has 22 heavy (non-hydrogen) atoms. The molecule has 2 aromatic carbocycles. The minimum Gasteiger partial charge on any atom is -0.0833 e. The lowest BCUT2D eigenvalue weighted by Gasteiger charge is -2.14. The molecule has 0 radical (unpaired) electrons. The van der Waals surface area contributed by atoms with Gasteiger partial charge in [-0.2, -0.15) is 0 Å². The zero-order chi connectivity index (χ0) is 14.5. The Morgan fingerprint density at radius 2 is 1.18 bits per heavy atom.